The molecule has 14 heteroatoms. The molecule has 3 aromatic carbocycles. The Morgan fingerprint density at radius 2 is 1.83 bits per heavy atom. The van der Waals surface area contributed by atoms with Gasteiger partial charge in [-0.3, -0.25) is 19.7 Å². The van der Waals surface area contributed by atoms with Crippen LogP contribution in [0.2, 0.25) is 0 Å². The summed E-state index contributed by atoms with van der Waals surface area (Å²) in [5.41, 5.74) is 3.00. The Morgan fingerprint density at radius 3 is 2.56 bits per heavy atom. The van der Waals surface area contributed by atoms with E-state index in [1.807, 2.05) is 52.4 Å². The molecule has 0 unspecified atom stereocenters. The third kappa shape index (κ3) is 7.34. The lowest BCUT2D eigenvalue weighted by Crippen LogP contribution is -2.29. The molecule has 0 bridgehead atoms. The van der Waals surface area contributed by atoms with Crippen molar-refractivity contribution in [2.75, 3.05) is 5.75 Å². The number of nitrogens with one attached hydrogen (secondary N) is 1. The zero-order valence-corrected chi connectivity index (χ0v) is 27.4. The minimum absolute atomic E-state index is 0.0155. The van der Waals surface area contributed by atoms with Gasteiger partial charge in [-0.1, -0.05) is 66.4 Å². The molecule has 0 saturated heterocycles. The maximum absolute atomic E-state index is 13.7. The zero-order valence-electron chi connectivity index (χ0n) is 25.8. The number of aryl methyl sites for hydroxylation is 1. The van der Waals surface area contributed by atoms with Crippen molar-refractivity contribution >= 4 is 46.3 Å². The summed E-state index contributed by atoms with van der Waals surface area (Å²) in [6.07, 6.45) is 1.16. The van der Waals surface area contributed by atoms with Gasteiger partial charge in [-0.2, -0.15) is 5.10 Å². The van der Waals surface area contributed by atoms with E-state index in [0.717, 1.165) is 21.7 Å². The van der Waals surface area contributed by atoms with E-state index in [0.29, 0.717) is 30.4 Å². The lowest BCUT2D eigenvalue weighted by Gasteiger charge is -2.22. The molecule has 1 aliphatic heterocycles. The molecule has 1 N–H and O–H groups in total. The SMILES string of the molecule is Cc1c(C(=O)NCc2nnc(SCC(=O)N3N=C(c4cccs4)C[C@@H]3c3ccc(F)cc3)n2CCc2ccccc2)cccc1[N+](=O)[O-]. The van der Waals surface area contributed by atoms with Gasteiger partial charge in [0.1, 0.15) is 5.82 Å². The van der Waals surface area contributed by atoms with Gasteiger partial charge in [0.25, 0.3) is 17.5 Å². The number of amides is 2. The van der Waals surface area contributed by atoms with E-state index < -0.39 is 10.8 Å². The lowest BCUT2D eigenvalue weighted by molar-refractivity contribution is -0.385. The number of carbonyl (C=O) groups excluding carboxylic acids is 2. The molecule has 6 rings (SSSR count). The van der Waals surface area contributed by atoms with Crippen molar-refractivity contribution < 1.29 is 18.9 Å². The van der Waals surface area contributed by atoms with Crippen LogP contribution in [0.15, 0.2) is 101 Å². The smallest absolute Gasteiger partial charge is 0.273 e. The number of hydrazone groups is 1. The van der Waals surface area contributed by atoms with Crippen molar-refractivity contribution in [1.82, 2.24) is 25.1 Å². The standard InChI is InChI=1S/C34H30FN7O4S2/c1-22-26(9-5-10-28(22)42(45)46)33(44)36-20-31-37-38-34(40(31)17-16-23-7-3-2-4-8-23)48-21-32(43)41-29(24-12-14-25(35)15-13-24)19-27(39-41)30-11-6-18-47-30/h2-15,18,29H,16-17,19-21H2,1H3,(H,36,44)/t29-/m1/s1. The largest absolute Gasteiger partial charge is 0.345 e. The Hall–Kier alpha value is -5.21. The summed E-state index contributed by atoms with van der Waals surface area (Å²) in [5, 5.41) is 31.5. The monoisotopic (exact) mass is 683 g/mol. The van der Waals surface area contributed by atoms with Gasteiger partial charge in [-0.05, 0) is 54.1 Å². The predicted octanol–water partition coefficient (Wildman–Crippen LogP) is 6.34. The number of rotatable bonds is 12. The molecule has 0 aliphatic carbocycles. The topological polar surface area (TPSA) is 136 Å². The van der Waals surface area contributed by atoms with Gasteiger partial charge in [0.05, 0.1) is 33.9 Å². The third-order valence-electron chi connectivity index (χ3n) is 7.96. The summed E-state index contributed by atoms with van der Waals surface area (Å²) in [4.78, 5) is 38.6. The predicted molar refractivity (Wildman–Crippen MR) is 181 cm³/mol. The van der Waals surface area contributed by atoms with Crippen molar-refractivity contribution in [3.05, 3.63) is 139 Å². The van der Waals surface area contributed by atoms with Crippen LogP contribution in [0.25, 0.3) is 0 Å². The Balaban J connectivity index is 1.20. The van der Waals surface area contributed by atoms with Gasteiger partial charge >= 0.3 is 0 Å². The Labute approximate surface area is 283 Å². The maximum atomic E-state index is 13.7. The molecule has 3 heterocycles. The minimum atomic E-state index is -0.518. The average molecular weight is 684 g/mol. The molecule has 244 valence electrons. The van der Waals surface area contributed by atoms with Gasteiger partial charge in [0.2, 0.25) is 0 Å². The van der Waals surface area contributed by atoms with E-state index in [-0.39, 0.29) is 46.9 Å². The van der Waals surface area contributed by atoms with Gasteiger partial charge in [0, 0.05) is 30.2 Å². The Kier molecular flexibility index (Phi) is 10.0. The molecule has 2 amide bonds. The van der Waals surface area contributed by atoms with E-state index in [1.165, 1.54) is 54.0 Å². The van der Waals surface area contributed by atoms with Crippen molar-refractivity contribution in [3.8, 4) is 0 Å². The number of nitro benzene ring substituents is 1. The summed E-state index contributed by atoms with van der Waals surface area (Å²) >= 11 is 2.76. The molecule has 2 aromatic heterocycles. The van der Waals surface area contributed by atoms with E-state index in [2.05, 4.69) is 15.5 Å². The molecule has 5 aromatic rings. The Bertz CT molecular complexity index is 1970. The van der Waals surface area contributed by atoms with Gasteiger partial charge < -0.3 is 9.88 Å². The number of hydrogen-bond donors (Lipinski definition) is 1. The first-order valence-corrected chi connectivity index (χ1v) is 16.9. The fraction of sp³-hybridized carbons (Fsp3) is 0.206. The highest BCUT2D eigenvalue weighted by Gasteiger charge is 2.33. The van der Waals surface area contributed by atoms with Gasteiger partial charge in [-0.15, -0.1) is 21.5 Å². The molecule has 48 heavy (non-hydrogen) atoms. The summed E-state index contributed by atoms with van der Waals surface area (Å²) in [7, 11) is 0. The second-order valence-corrected chi connectivity index (χ2v) is 12.9. The first-order valence-electron chi connectivity index (χ1n) is 15.1. The molecule has 0 spiro atoms. The first kappa shape index (κ1) is 32.7. The fourth-order valence-corrected chi connectivity index (χ4v) is 7.01. The van der Waals surface area contributed by atoms with Crippen molar-refractivity contribution in [3.63, 3.8) is 0 Å². The summed E-state index contributed by atoms with van der Waals surface area (Å²) in [6, 6.07) is 23.9. The van der Waals surface area contributed by atoms with E-state index >= 15 is 0 Å². The summed E-state index contributed by atoms with van der Waals surface area (Å²) in [6.45, 7) is 2.04. The second kappa shape index (κ2) is 14.7. The number of halogens is 1. The van der Waals surface area contributed by atoms with Crippen LogP contribution in [-0.4, -0.2) is 48.0 Å². The zero-order chi connectivity index (χ0) is 33.6. The number of aromatic nitrogens is 3. The highest BCUT2D eigenvalue weighted by atomic mass is 32.2. The number of nitro groups is 1. The molecule has 1 aliphatic rings. The van der Waals surface area contributed by atoms with Crippen molar-refractivity contribution in [2.45, 2.75) is 44.1 Å². The third-order valence-corrected chi connectivity index (χ3v) is 9.84. The molecule has 0 saturated carbocycles. The second-order valence-electron chi connectivity index (χ2n) is 11.0. The summed E-state index contributed by atoms with van der Waals surface area (Å²) in [5.74, 6) is -0.581. The quantitative estimate of drug-likeness (QED) is 0.0921. The van der Waals surface area contributed by atoms with Crippen LogP contribution in [0, 0.1) is 22.9 Å². The van der Waals surface area contributed by atoms with Crippen LogP contribution >= 0.6 is 23.1 Å². The number of benzene rings is 3. The number of hydrogen-bond acceptors (Lipinski definition) is 9. The van der Waals surface area contributed by atoms with Gasteiger partial charge in [-0.25, -0.2) is 9.40 Å². The number of thioether (sulfide) groups is 1. The maximum Gasteiger partial charge on any atom is 0.273 e. The minimum Gasteiger partial charge on any atom is -0.345 e. The summed E-state index contributed by atoms with van der Waals surface area (Å²) < 4.78 is 15.6. The van der Waals surface area contributed by atoms with E-state index in [1.54, 1.807) is 23.5 Å². The fourth-order valence-electron chi connectivity index (χ4n) is 5.46. The molecular weight excluding hydrogens is 654 g/mol. The molecule has 1 atom stereocenters. The van der Waals surface area contributed by atoms with Crippen LogP contribution < -0.4 is 5.32 Å². The van der Waals surface area contributed by atoms with Gasteiger partial charge in [0.15, 0.2) is 11.0 Å². The Morgan fingerprint density at radius 1 is 1.04 bits per heavy atom. The average Bonchev–Trinajstić information content (AvgIpc) is 3.86. The van der Waals surface area contributed by atoms with Crippen molar-refractivity contribution in [1.29, 1.82) is 0 Å². The van der Waals surface area contributed by atoms with Crippen LogP contribution in [-0.2, 0) is 24.3 Å². The van der Waals surface area contributed by atoms with E-state index in [4.69, 9.17) is 5.10 Å². The van der Waals surface area contributed by atoms with Crippen LogP contribution in [0.4, 0.5) is 10.1 Å². The highest BCUT2D eigenvalue weighted by Crippen LogP contribution is 2.35. The molecule has 0 fully saturated rings. The number of carbonyl (C=O) groups is 2. The molecular formula is C34H30FN7O4S2. The first-order chi connectivity index (χ1) is 23.3. The van der Waals surface area contributed by atoms with Crippen molar-refractivity contribution in [2.24, 2.45) is 5.10 Å². The van der Waals surface area contributed by atoms with Crippen LogP contribution in [0.1, 0.15) is 50.2 Å². The van der Waals surface area contributed by atoms with Crippen LogP contribution in [0.5, 0.6) is 0 Å². The highest BCUT2D eigenvalue weighted by molar-refractivity contribution is 7.99. The normalized spacial score (nSPS) is 14.2. The van der Waals surface area contributed by atoms with E-state index in [9.17, 15) is 24.1 Å². The molecule has 11 nitrogen and oxygen atoms in total. The number of thiophene rings is 1. The lowest BCUT2D eigenvalue weighted by atomic mass is 10.0. The number of nitrogens with zero attached hydrogens (tertiary/aromatic N) is 6. The molecule has 0 radical (unpaired) electrons. The van der Waals surface area contributed by atoms with Crippen LogP contribution in [0.3, 0.4) is 0 Å².